The third-order valence-corrected chi connectivity index (χ3v) is 2.42. The van der Waals surface area contributed by atoms with Gasteiger partial charge in [0, 0.05) is 39.5 Å². The van der Waals surface area contributed by atoms with Gasteiger partial charge in [-0.25, -0.2) is 0 Å². The maximum atomic E-state index is 11.3. The van der Waals surface area contributed by atoms with Gasteiger partial charge in [-0.15, -0.1) is 0 Å². The molecule has 0 radical (unpaired) electrons. The third-order valence-electron chi connectivity index (χ3n) is 2.42. The van der Waals surface area contributed by atoms with Crippen LogP contribution in [0.4, 0.5) is 0 Å². The van der Waals surface area contributed by atoms with Crippen LogP contribution in [-0.2, 0) is 14.3 Å². The van der Waals surface area contributed by atoms with Crippen LogP contribution in [0, 0.1) is 0 Å². The zero-order chi connectivity index (χ0) is 12.0. The van der Waals surface area contributed by atoms with Crippen LogP contribution < -0.4 is 10.6 Å². The van der Waals surface area contributed by atoms with Crippen molar-refractivity contribution in [1.29, 1.82) is 0 Å². The second kappa shape index (κ2) is 5.81. The summed E-state index contributed by atoms with van der Waals surface area (Å²) in [5.41, 5.74) is -0.927. The van der Waals surface area contributed by atoms with E-state index < -0.39 is 5.60 Å². The summed E-state index contributed by atoms with van der Waals surface area (Å²) in [5, 5.41) is 15.0. The van der Waals surface area contributed by atoms with E-state index in [1.54, 1.807) is 0 Å². The van der Waals surface area contributed by atoms with Crippen LogP contribution in [0.15, 0.2) is 0 Å². The molecule has 1 heterocycles. The summed E-state index contributed by atoms with van der Waals surface area (Å²) in [4.78, 5) is 21.9. The molecule has 1 aliphatic rings. The molecule has 3 N–H and O–H groups in total. The Balaban J connectivity index is 2.12. The normalized spacial score (nSPS) is 24.1. The van der Waals surface area contributed by atoms with Gasteiger partial charge in [0.2, 0.25) is 11.8 Å². The van der Waals surface area contributed by atoms with Gasteiger partial charge in [-0.3, -0.25) is 9.59 Å². The zero-order valence-corrected chi connectivity index (χ0v) is 9.41. The van der Waals surface area contributed by atoms with Crippen molar-refractivity contribution in [2.45, 2.75) is 25.4 Å². The minimum atomic E-state index is -0.927. The molecule has 1 atom stereocenters. The molecule has 0 aliphatic carbocycles. The fourth-order valence-corrected chi connectivity index (χ4v) is 1.44. The lowest BCUT2D eigenvalue weighted by Gasteiger charge is -2.20. The van der Waals surface area contributed by atoms with E-state index in [1.807, 2.05) is 0 Å². The van der Waals surface area contributed by atoms with Crippen molar-refractivity contribution in [2.24, 2.45) is 0 Å². The summed E-state index contributed by atoms with van der Waals surface area (Å²) in [5.74, 6) is -0.343. The number of hydrogen-bond donors (Lipinski definition) is 3. The highest BCUT2D eigenvalue weighted by molar-refractivity contribution is 5.77. The van der Waals surface area contributed by atoms with Gasteiger partial charge < -0.3 is 20.5 Å². The molecule has 6 heteroatoms. The molecule has 6 nitrogen and oxygen atoms in total. The number of hydrogen-bond acceptors (Lipinski definition) is 4. The molecule has 1 fully saturated rings. The van der Waals surface area contributed by atoms with Crippen LogP contribution in [0.5, 0.6) is 0 Å². The fraction of sp³-hybridized carbons (Fsp3) is 0.800. The average Bonchev–Trinajstić information content (AvgIpc) is 2.62. The summed E-state index contributed by atoms with van der Waals surface area (Å²) < 4.78 is 5.05. The number of nitrogens with one attached hydrogen (secondary N) is 2. The van der Waals surface area contributed by atoms with E-state index in [2.05, 4.69) is 10.6 Å². The first-order valence-electron chi connectivity index (χ1n) is 5.33. The summed E-state index contributed by atoms with van der Waals surface area (Å²) in [6.07, 6.45) is 0.759. The Hall–Kier alpha value is -1.14. The standard InChI is InChI=1S/C10H18N2O4/c1-8(13)11-4-2-9(14)12-6-10(15)3-5-16-7-10/h15H,2-7H2,1H3,(H,11,13)(H,12,14). The molecule has 0 bridgehead atoms. The van der Waals surface area contributed by atoms with E-state index in [1.165, 1.54) is 6.92 Å². The highest BCUT2D eigenvalue weighted by Gasteiger charge is 2.32. The molecule has 1 rings (SSSR count). The van der Waals surface area contributed by atoms with Gasteiger partial charge in [0.05, 0.1) is 6.61 Å². The Labute approximate surface area is 94.3 Å². The van der Waals surface area contributed by atoms with Crippen LogP contribution >= 0.6 is 0 Å². The molecule has 92 valence electrons. The number of ether oxygens (including phenoxy) is 1. The number of aliphatic hydroxyl groups is 1. The first kappa shape index (κ1) is 12.9. The number of carbonyl (C=O) groups excluding carboxylic acids is 2. The maximum Gasteiger partial charge on any atom is 0.221 e. The van der Waals surface area contributed by atoms with E-state index in [0.717, 1.165) is 0 Å². The van der Waals surface area contributed by atoms with Crippen molar-refractivity contribution >= 4 is 11.8 Å². The molecule has 0 aromatic heterocycles. The van der Waals surface area contributed by atoms with Gasteiger partial charge in [0.25, 0.3) is 0 Å². The predicted octanol–water partition coefficient (Wildman–Crippen LogP) is -1.22. The molecule has 16 heavy (non-hydrogen) atoms. The Morgan fingerprint density at radius 3 is 2.75 bits per heavy atom. The summed E-state index contributed by atoms with van der Waals surface area (Å²) >= 11 is 0. The van der Waals surface area contributed by atoms with Crippen LogP contribution in [0.2, 0.25) is 0 Å². The van der Waals surface area contributed by atoms with Crippen LogP contribution in [0.1, 0.15) is 19.8 Å². The highest BCUT2D eigenvalue weighted by atomic mass is 16.5. The average molecular weight is 230 g/mol. The summed E-state index contributed by atoms with van der Waals surface area (Å²) in [7, 11) is 0. The first-order chi connectivity index (χ1) is 7.52. The highest BCUT2D eigenvalue weighted by Crippen LogP contribution is 2.16. The van der Waals surface area contributed by atoms with E-state index in [4.69, 9.17) is 4.74 Å². The Morgan fingerprint density at radius 1 is 1.44 bits per heavy atom. The summed E-state index contributed by atoms with van der Waals surface area (Å²) in [6.45, 7) is 2.70. The van der Waals surface area contributed by atoms with Crippen molar-refractivity contribution in [3.63, 3.8) is 0 Å². The molecule has 0 aromatic carbocycles. The van der Waals surface area contributed by atoms with Crippen LogP contribution in [-0.4, -0.2) is 48.8 Å². The molecule has 2 amide bonds. The first-order valence-corrected chi connectivity index (χ1v) is 5.33. The molecular formula is C10H18N2O4. The van der Waals surface area contributed by atoms with Crippen molar-refractivity contribution in [3.05, 3.63) is 0 Å². The van der Waals surface area contributed by atoms with E-state index in [9.17, 15) is 14.7 Å². The van der Waals surface area contributed by atoms with E-state index in [0.29, 0.717) is 19.6 Å². The van der Waals surface area contributed by atoms with Crippen molar-refractivity contribution < 1.29 is 19.4 Å². The van der Waals surface area contributed by atoms with Crippen LogP contribution in [0.3, 0.4) is 0 Å². The molecule has 1 unspecified atom stereocenters. The van der Waals surface area contributed by atoms with Crippen molar-refractivity contribution in [3.8, 4) is 0 Å². The monoisotopic (exact) mass is 230 g/mol. The number of carbonyl (C=O) groups is 2. The Morgan fingerprint density at radius 2 is 2.19 bits per heavy atom. The van der Waals surface area contributed by atoms with E-state index in [-0.39, 0.29) is 31.4 Å². The predicted molar refractivity (Wildman–Crippen MR) is 56.7 cm³/mol. The molecule has 0 aromatic rings. The number of amides is 2. The smallest absolute Gasteiger partial charge is 0.221 e. The quantitative estimate of drug-likeness (QED) is 0.552. The Bertz CT molecular complexity index is 262. The van der Waals surface area contributed by atoms with Gasteiger partial charge in [-0.1, -0.05) is 0 Å². The van der Waals surface area contributed by atoms with Crippen molar-refractivity contribution in [1.82, 2.24) is 10.6 Å². The van der Waals surface area contributed by atoms with Gasteiger partial charge in [-0.2, -0.15) is 0 Å². The topological polar surface area (TPSA) is 87.7 Å². The largest absolute Gasteiger partial charge is 0.386 e. The lowest BCUT2D eigenvalue weighted by molar-refractivity contribution is -0.122. The molecule has 0 spiro atoms. The minimum Gasteiger partial charge on any atom is -0.386 e. The molecule has 1 aliphatic heterocycles. The number of rotatable bonds is 5. The zero-order valence-electron chi connectivity index (χ0n) is 9.41. The fourth-order valence-electron chi connectivity index (χ4n) is 1.44. The summed E-state index contributed by atoms with van der Waals surface area (Å²) in [6, 6.07) is 0. The molecular weight excluding hydrogens is 212 g/mol. The van der Waals surface area contributed by atoms with Gasteiger partial charge in [0.1, 0.15) is 5.60 Å². The lowest BCUT2D eigenvalue weighted by atomic mass is 10.0. The lowest BCUT2D eigenvalue weighted by Crippen LogP contribution is -2.43. The maximum absolute atomic E-state index is 11.3. The van der Waals surface area contributed by atoms with Crippen LogP contribution in [0.25, 0.3) is 0 Å². The molecule has 0 saturated carbocycles. The SMILES string of the molecule is CC(=O)NCCC(=O)NCC1(O)CCOC1. The second-order valence-electron chi connectivity index (χ2n) is 4.04. The van der Waals surface area contributed by atoms with Crippen molar-refractivity contribution in [2.75, 3.05) is 26.3 Å². The Kier molecular flexibility index (Phi) is 4.70. The third kappa shape index (κ3) is 4.59. The minimum absolute atomic E-state index is 0.157. The van der Waals surface area contributed by atoms with Gasteiger partial charge in [0.15, 0.2) is 0 Å². The van der Waals surface area contributed by atoms with Gasteiger partial charge >= 0.3 is 0 Å². The van der Waals surface area contributed by atoms with Gasteiger partial charge in [-0.05, 0) is 0 Å². The molecule has 1 saturated heterocycles. The second-order valence-corrected chi connectivity index (χ2v) is 4.04. The van der Waals surface area contributed by atoms with E-state index >= 15 is 0 Å².